The zero-order valence-electron chi connectivity index (χ0n) is 12.1. The largest absolute Gasteiger partial charge is 0.339 e. The molecule has 0 aromatic rings. The maximum absolute atomic E-state index is 12.5. The molecule has 2 rings (SSSR count). The second kappa shape index (κ2) is 6.05. The molecular weight excluding hydrogens is 224 g/mol. The van der Waals surface area contributed by atoms with Crippen molar-refractivity contribution < 1.29 is 4.79 Å². The summed E-state index contributed by atoms with van der Waals surface area (Å²) in [6, 6.07) is 0.556. The summed E-state index contributed by atoms with van der Waals surface area (Å²) in [5, 5.41) is 3.45. The molecule has 3 nitrogen and oxygen atoms in total. The zero-order valence-corrected chi connectivity index (χ0v) is 12.1. The molecule has 2 atom stereocenters. The van der Waals surface area contributed by atoms with Crippen molar-refractivity contribution in [2.75, 3.05) is 19.6 Å². The van der Waals surface area contributed by atoms with Gasteiger partial charge in [0, 0.05) is 18.5 Å². The fourth-order valence-electron chi connectivity index (χ4n) is 2.71. The molecule has 0 bridgehead atoms. The number of amides is 1. The lowest BCUT2D eigenvalue weighted by Gasteiger charge is -2.32. The van der Waals surface area contributed by atoms with Crippen LogP contribution in [0.4, 0.5) is 0 Å². The van der Waals surface area contributed by atoms with Crippen molar-refractivity contribution in [2.24, 2.45) is 17.8 Å². The Kier molecular flexibility index (Phi) is 4.66. The lowest BCUT2D eigenvalue weighted by molar-refractivity contribution is -0.137. The number of rotatable bonds is 5. The highest BCUT2D eigenvalue weighted by Crippen LogP contribution is 2.30. The van der Waals surface area contributed by atoms with E-state index in [0.29, 0.717) is 23.8 Å². The minimum absolute atomic E-state index is 0.169. The lowest BCUT2D eigenvalue weighted by atomic mass is 9.94. The van der Waals surface area contributed by atoms with Crippen LogP contribution in [0.1, 0.15) is 46.5 Å². The predicted octanol–water partition coefficient (Wildman–Crippen LogP) is 2.27. The molecule has 2 fully saturated rings. The number of nitrogens with one attached hydrogen (secondary N) is 1. The molecule has 0 spiro atoms. The van der Waals surface area contributed by atoms with E-state index in [9.17, 15) is 4.79 Å². The standard InChI is InChI=1S/C15H28N2O/c1-11(2)12(3)15(18)17(14-6-7-14)10-13-5-4-8-16-9-13/h11-14,16H,4-10H2,1-3H3. The van der Waals surface area contributed by atoms with Crippen molar-refractivity contribution in [2.45, 2.75) is 52.5 Å². The molecule has 1 heterocycles. The number of piperidine rings is 1. The summed E-state index contributed by atoms with van der Waals surface area (Å²) in [7, 11) is 0. The van der Waals surface area contributed by atoms with Crippen LogP contribution in [0, 0.1) is 17.8 Å². The van der Waals surface area contributed by atoms with Gasteiger partial charge >= 0.3 is 0 Å². The second-order valence-electron chi connectivity index (χ2n) is 6.47. The molecule has 0 aromatic carbocycles. The summed E-state index contributed by atoms with van der Waals surface area (Å²) >= 11 is 0. The van der Waals surface area contributed by atoms with Crippen molar-refractivity contribution in [3.63, 3.8) is 0 Å². The molecule has 18 heavy (non-hydrogen) atoms. The third-order valence-corrected chi connectivity index (χ3v) is 4.51. The van der Waals surface area contributed by atoms with Gasteiger partial charge in [0.15, 0.2) is 0 Å². The Bertz CT molecular complexity index is 280. The molecular formula is C15H28N2O. The first-order valence-electron chi connectivity index (χ1n) is 7.60. The molecule has 104 valence electrons. The molecule has 0 radical (unpaired) electrons. The van der Waals surface area contributed by atoms with E-state index in [2.05, 4.69) is 31.0 Å². The summed E-state index contributed by atoms with van der Waals surface area (Å²) in [6.45, 7) is 9.60. The molecule has 1 saturated carbocycles. The first-order chi connectivity index (χ1) is 8.59. The van der Waals surface area contributed by atoms with E-state index >= 15 is 0 Å². The first-order valence-corrected chi connectivity index (χ1v) is 7.60. The van der Waals surface area contributed by atoms with Crippen molar-refractivity contribution in [3.8, 4) is 0 Å². The fraction of sp³-hybridized carbons (Fsp3) is 0.933. The fourth-order valence-corrected chi connectivity index (χ4v) is 2.71. The van der Waals surface area contributed by atoms with Crippen LogP contribution < -0.4 is 5.32 Å². The molecule has 1 N–H and O–H groups in total. The second-order valence-corrected chi connectivity index (χ2v) is 6.47. The van der Waals surface area contributed by atoms with E-state index in [1.807, 2.05) is 0 Å². The van der Waals surface area contributed by atoms with Gasteiger partial charge in [0.05, 0.1) is 0 Å². The van der Waals surface area contributed by atoms with Crippen LogP contribution in [0.5, 0.6) is 0 Å². The molecule has 3 heteroatoms. The van der Waals surface area contributed by atoms with E-state index in [0.717, 1.165) is 19.6 Å². The maximum Gasteiger partial charge on any atom is 0.225 e. The molecule has 1 saturated heterocycles. The Labute approximate surface area is 111 Å². The normalized spacial score (nSPS) is 26.1. The summed E-state index contributed by atoms with van der Waals surface area (Å²) in [6.07, 6.45) is 4.98. The highest BCUT2D eigenvalue weighted by molar-refractivity contribution is 5.79. The van der Waals surface area contributed by atoms with Crippen molar-refractivity contribution in [1.29, 1.82) is 0 Å². The molecule has 0 aromatic heterocycles. The van der Waals surface area contributed by atoms with Crippen LogP contribution in [-0.4, -0.2) is 36.5 Å². The summed E-state index contributed by atoms with van der Waals surface area (Å²) < 4.78 is 0. The van der Waals surface area contributed by atoms with Gasteiger partial charge in [-0.05, 0) is 50.6 Å². The van der Waals surface area contributed by atoms with Crippen LogP contribution in [0.25, 0.3) is 0 Å². The molecule has 1 aliphatic carbocycles. The lowest BCUT2D eigenvalue weighted by Crippen LogP contribution is -2.44. The molecule has 1 amide bonds. The van der Waals surface area contributed by atoms with Crippen LogP contribution in [-0.2, 0) is 4.79 Å². The highest BCUT2D eigenvalue weighted by Gasteiger charge is 2.36. The average Bonchev–Trinajstić information content (AvgIpc) is 3.19. The van der Waals surface area contributed by atoms with Gasteiger partial charge in [-0.2, -0.15) is 0 Å². The Balaban J connectivity index is 1.92. The summed E-state index contributed by atoms with van der Waals surface area (Å²) in [5.41, 5.74) is 0. The Morgan fingerprint density at radius 3 is 2.50 bits per heavy atom. The number of carbonyl (C=O) groups is 1. The van der Waals surface area contributed by atoms with Gasteiger partial charge < -0.3 is 10.2 Å². The van der Waals surface area contributed by atoms with Crippen molar-refractivity contribution in [3.05, 3.63) is 0 Å². The van der Waals surface area contributed by atoms with E-state index in [-0.39, 0.29) is 5.92 Å². The van der Waals surface area contributed by atoms with Gasteiger partial charge in [0.2, 0.25) is 5.91 Å². The van der Waals surface area contributed by atoms with E-state index in [1.54, 1.807) is 0 Å². The Morgan fingerprint density at radius 2 is 2.00 bits per heavy atom. The maximum atomic E-state index is 12.5. The average molecular weight is 252 g/mol. The van der Waals surface area contributed by atoms with Gasteiger partial charge in [-0.15, -0.1) is 0 Å². The number of hydrogen-bond donors (Lipinski definition) is 1. The quantitative estimate of drug-likeness (QED) is 0.814. The van der Waals surface area contributed by atoms with Crippen molar-refractivity contribution in [1.82, 2.24) is 10.2 Å². The van der Waals surface area contributed by atoms with E-state index in [1.165, 1.54) is 25.7 Å². The van der Waals surface area contributed by atoms with Gasteiger partial charge in [-0.3, -0.25) is 4.79 Å². The third-order valence-electron chi connectivity index (χ3n) is 4.51. The van der Waals surface area contributed by atoms with Gasteiger partial charge in [0.1, 0.15) is 0 Å². The predicted molar refractivity (Wildman–Crippen MR) is 74.3 cm³/mol. The SMILES string of the molecule is CC(C)C(C)C(=O)N(CC1CCCNC1)C1CC1. The molecule has 2 aliphatic rings. The minimum atomic E-state index is 0.169. The van der Waals surface area contributed by atoms with Crippen molar-refractivity contribution >= 4 is 5.91 Å². The first kappa shape index (κ1) is 13.9. The topological polar surface area (TPSA) is 32.3 Å². The Morgan fingerprint density at radius 1 is 1.28 bits per heavy atom. The van der Waals surface area contributed by atoms with Crippen LogP contribution in [0.2, 0.25) is 0 Å². The number of carbonyl (C=O) groups excluding carboxylic acids is 1. The monoisotopic (exact) mass is 252 g/mol. The molecule has 1 aliphatic heterocycles. The van der Waals surface area contributed by atoms with E-state index < -0.39 is 0 Å². The summed E-state index contributed by atoms with van der Waals surface area (Å²) in [5.74, 6) is 1.67. The number of hydrogen-bond acceptors (Lipinski definition) is 2. The van der Waals surface area contributed by atoms with E-state index in [4.69, 9.17) is 0 Å². The van der Waals surface area contributed by atoms with Gasteiger partial charge in [-0.1, -0.05) is 20.8 Å². The minimum Gasteiger partial charge on any atom is -0.339 e. The summed E-state index contributed by atoms with van der Waals surface area (Å²) in [4.78, 5) is 14.7. The number of nitrogens with zero attached hydrogens (tertiary/aromatic N) is 1. The Hall–Kier alpha value is -0.570. The smallest absolute Gasteiger partial charge is 0.225 e. The van der Waals surface area contributed by atoms with Crippen LogP contribution >= 0.6 is 0 Å². The van der Waals surface area contributed by atoms with Gasteiger partial charge in [-0.25, -0.2) is 0 Å². The van der Waals surface area contributed by atoms with Gasteiger partial charge in [0.25, 0.3) is 0 Å². The van der Waals surface area contributed by atoms with Crippen LogP contribution in [0.15, 0.2) is 0 Å². The highest BCUT2D eigenvalue weighted by atomic mass is 16.2. The molecule has 2 unspecified atom stereocenters. The zero-order chi connectivity index (χ0) is 13.1. The van der Waals surface area contributed by atoms with Crippen LogP contribution in [0.3, 0.4) is 0 Å². The third kappa shape index (κ3) is 3.47.